The molecule has 1 atom stereocenters. The Balaban J connectivity index is 1.82. The number of hydrogen-bond acceptors (Lipinski definition) is 7. The summed E-state index contributed by atoms with van der Waals surface area (Å²) in [5.41, 5.74) is 2.80. The van der Waals surface area contributed by atoms with Gasteiger partial charge < -0.3 is 14.2 Å². The van der Waals surface area contributed by atoms with Crippen LogP contribution in [0.25, 0.3) is 11.8 Å². The molecule has 5 rings (SSSR count). The van der Waals surface area contributed by atoms with Crippen molar-refractivity contribution in [3.05, 3.63) is 121 Å². The van der Waals surface area contributed by atoms with E-state index in [-0.39, 0.29) is 12.2 Å². The molecule has 0 N–H and O–H groups in total. The zero-order valence-corrected chi connectivity index (χ0v) is 22.0. The molecule has 0 saturated carbocycles. The van der Waals surface area contributed by atoms with Crippen molar-refractivity contribution in [2.24, 2.45) is 4.99 Å². The van der Waals surface area contributed by atoms with Crippen molar-refractivity contribution in [2.45, 2.75) is 13.0 Å². The minimum atomic E-state index is -0.712. The van der Waals surface area contributed by atoms with Crippen molar-refractivity contribution in [1.29, 1.82) is 0 Å². The van der Waals surface area contributed by atoms with Gasteiger partial charge >= 0.3 is 5.97 Å². The van der Waals surface area contributed by atoms with Crippen LogP contribution in [0.1, 0.15) is 29.7 Å². The molecule has 3 aromatic carbocycles. The molecule has 1 aliphatic heterocycles. The molecule has 2 heterocycles. The average Bonchev–Trinajstić information content (AvgIpc) is 3.27. The van der Waals surface area contributed by atoms with Gasteiger partial charge in [0, 0.05) is 11.1 Å². The zero-order chi connectivity index (χ0) is 26.6. The molecule has 0 aliphatic carbocycles. The van der Waals surface area contributed by atoms with E-state index in [9.17, 15) is 9.59 Å². The lowest BCUT2D eigenvalue weighted by atomic mass is 9.93. The molecule has 38 heavy (non-hydrogen) atoms. The number of benzene rings is 3. The Bertz CT molecular complexity index is 1690. The Morgan fingerprint density at radius 3 is 2.37 bits per heavy atom. The standard InChI is InChI=1S/C30H26N2O5S/c1-4-37-29(34)25-26(19-11-7-5-8-12-19)31-30-32(27(25)20-13-9-6-10-14-20)28(33)24(38-30)18-21-17-22(35-2)15-16-23(21)36-3/h5-18,27H,4H2,1-3H3/b24-18-/t27-/m0/s1. The van der Waals surface area contributed by atoms with E-state index >= 15 is 0 Å². The number of esters is 1. The first-order valence-electron chi connectivity index (χ1n) is 12.1. The lowest BCUT2D eigenvalue weighted by Crippen LogP contribution is -2.40. The van der Waals surface area contributed by atoms with Crippen molar-refractivity contribution in [3.63, 3.8) is 0 Å². The van der Waals surface area contributed by atoms with Crippen molar-refractivity contribution in [1.82, 2.24) is 4.57 Å². The Morgan fingerprint density at radius 1 is 1.00 bits per heavy atom. The van der Waals surface area contributed by atoms with Gasteiger partial charge in [0.1, 0.15) is 11.5 Å². The van der Waals surface area contributed by atoms with Crippen LogP contribution >= 0.6 is 11.3 Å². The highest BCUT2D eigenvalue weighted by atomic mass is 32.1. The highest BCUT2D eigenvalue weighted by Crippen LogP contribution is 2.35. The van der Waals surface area contributed by atoms with E-state index in [0.717, 1.165) is 11.1 Å². The van der Waals surface area contributed by atoms with Gasteiger partial charge in [-0.2, -0.15) is 0 Å². The molecule has 0 bridgehead atoms. The number of carbonyl (C=O) groups is 1. The van der Waals surface area contributed by atoms with E-state index in [1.807, 2.05) is 66.7 Å². The third-order valence-corrected chi connectivity index (χ3v) is 7.20. The quantitative estimate of drug-likeness (QED) is 0.341. The molecular weight excluding hydrogens is 500 g/mol. The summed E-state index contributed by atoms with van der Waals surface area (Å²) in [7, 11) is 3.16. The van der Waals surface area contributed by atoms with Crippen molar-refractivity contribution in [2.75, 3.05) is 20.8 Å². The normalized spacial score (nSPS) is 15.0. The molecule has 0 spiro atoms. The number of rotatable bonds is 7. The smallest absolute Gasteiger partial charge is 0.338 e. The number of fused-ring (bicyclic) bond motifs is 1. The van der Waals surface area contributed by atoms with Crippen molar-refractivity contribution in [3.8, 4) is 11.5 Å². The van der Waals surface area contributed by atoms with Gasteiger partial charge in [0.25, 0.3) is 5.56 Å². The Hall–Kier alpha value is -4.43. The second-order valence-electron chi connectivity index (χ2n) is 8.45. The Labute approximate surface area is 223 Å². The van der Waals surface area contributed by atoms with E-state index in [4.69, 9.17) is 19.2 Å². The van der Waals surface area contributed by atoms with E-state index in [1.165, 1.54) is 11.3 Å². The molecule has 192 valence electrons. The molecule has 0 unspecified atom stereocenters. The number of aromatic nitrogens is 1. The lowest BCUT2D eigenvalue weighted by Gasteiger charge is -2.25. The van der Waals surface area contributed by atoms with E-state index in [2.05, 4.69) is 0 Å². The predicted octanol–water partition coefficient (Wildman–Crippen LogP) is 3.95. The Morgan fingerprint density at radius 2 is 1.71 bits per heavy atom. The van der Waals surface area contributed by atoms with Crippen LogP contribution in [0, 0.1) is 0 Å². The van der Waals surface area contributed by atoms with Crippen LogP contribution in [0.4, 0.5) is 0 Å². The van der Waals surface area contributed by atoms with Gasteiger partial charge in [0.15, 0.2) is 4.80 Å². The molecule has 1 aliphatic rings. The summed E-state index contributed by atoms with van der Waals surface area (Å²) in [6.07, 6.45) is 1.77. The first-order chi connectivity index (χ1) is 18.5. The summed E-state index contributed by atoms with van der Waals surface area (Å²) in [6, 6.07) is 23.6. The van der Waals surface area contributed by atoms with E-state index in [0.29, 0.717) is 37.7 Å². The third kappa shape index (κ3) is 4.66. The maximum Gasteiger partial charge on any atom is 0.338 e. The van der Waals surface area contributed by atoms with E-state index in [1.54, 1.807) is 43.9 Å². The third-order valence-electron chi connectivity index (χ3n) is 6.21. The first-order valence-corrected chi connectivity index (χ1v) is 12.9. The van der Waals surface area contributed by atoms with Crippen molar-refractivity contribution >= 4 is 29.1 Å². The second-order valence-corrected chi connectivity index (χ2v) is 9.46. The molecule has 0 fully saturated rings. The maximum atomic E-state index is 14.0. The molecule has 8 heteroatoms. The van der Waals surface area contributed by atoms with E-state index < -0.39 is 12.0 Å². The number of nitrogens with zero attached hydrogens (tertiary/aromatic N) is 2. The number of carbonyl (C=O) groups excluding carboxylic acids is 1. The molecule has 4 aromatic rings. The largest absolute Gasteiger partial charge is 0.497 e. The fourth-order valence-electron chi connectivity index (χ4n) is 4.48. The van der Waals surface area contributed by atoms with Crippen molar-refractivity contribution < 1.29 is 19.0 Å². The highest BCUT2D eigenvalue weighted by Gasteiger charge is 2.35. The van der Waals surface area contributed by atoms with Crippen LogP contribution in [-0.2, 0) is 9.53 Å². The maximum absolute atomic E-state index is 14.0. The minimum Gasteiger partial charge on any atom is -0.497 e. The van der Waals surface area contributed by atoms with Gasteiger partial charge in [-0.15, -0.1) is 0 Å². The molecule has 0 radical (unpaired) electrons. The molecular formula is C30H26N2O5S. The fourth-order valence-corrected chi connectivity index (χ4v) is 5.48. The summed E-state index contributed by atoms with van der Waals surface area (Å²) in [6.45, 7) is 1.96. The van der Waals surface area contributed by atoms with Gasteiger partial charge in [0.2, 0.25) is 0 Å². The summed E-state index contributed by atoms with van der Waals surface area (Å²) < 4.78 is 18.4. The van der Waals surface area contributed by atoms with Gasteiger partial charge in [-0.25, -0.2) is 9.79 Å². The summed E-state index contributed by atoms with van der Waals surface area (Å²) >= 11 is 1.26. The summed E-state index contributed by atoms with van der Waals surface area (Å²) in [4.78, 5) is 32.8. The lowest BCUT2D eigenvalue weighted by molar-refractivity contribution is -0.138. The fraction of sp³-hybridized carbons (Fsp3) is 0.167. The van der Waals surface area contributed by atoms with Gasteiger partial charge in [-0.1, -0.05) is 72.0 Å². The van der Waals surface area contributed by atoms with Crippen LogP contribution in [0.3, 0.4) is 0 Å². The highest BCUT2D eigenvalue weighted by molar-refractivity contribution is 7.07. The van der Waals surface area contributed by atoms with Crippen LogP contribution in [0.15, 0.2) is 94.2 Å². The van der Waals surface area contributed by atoms with Gasteiger partial charge in [-0.05, 0) is 36.8 Å². The van der Waals surface area contributed by atoms with Crippen LogP contribution in [0.2, 0.25) is 0 Å². The monoisotopic (exact) mass is 526 g/mol. The SMILES string of the molecule is CCOC(=O)C1=C(c2ccccc2)N=c2s/c(=C\c3cc(OC)ccc3OC)c(=O)n2[C@H]1c1ccccc1. The predicted molar refractivity (Wildman–Crippen MR) is 147 cm³/mol. The van der Waals surface area contributed by atoms with Gasteiger partial charge in [-0.3, -0.25) is 9.36 Å². The topological polar surface area (TPSA) is 79.1 Å². The molecule has 0 amide bonds. The number of methoxy groups -OCH3 is 2. The average molecular weight is 527 g/mol. The summed E-state index contributed by atoms with van der Waals surface area (Å²) in [5, 5.41) is 0. The number of hydrogen-bond donors (Lipinski definition) is 0. The summed E-state index contributed by atoms with van der Waals surface area (Å²) in [5.74, 6) is 0.740. The molecule has 1 aromatic heterocycles. The van der Waals surface area contributed by atoms with Crippen LogP contribution in [-0.4, -0.2) is 31.4 Å². The molecule has 0 saturated heterocycles. The minimum absolute atomic E-state index is 0.200. The number of ether oxygens (including phenoxy) is 3. The number of thiazole rings is 1. The van der Waals surface area contributed by atoms with Crippen LogP contribution in [0.5, 0.6) is 11.5 Å². The zero-order valence-electron chi connectivity index (χ0n) is 21.2. The Kier molecular flexibility index (Phi) is 7.24. The second kappa shape index (κ2) is 10.9. The van der Waals surface area contributed by atoms with Gasteiger partial charge in [0.05, 0.1) is 42.7 Å². The van der Waals surface area contributed by atoms with Crippen LogP contribution < -0.4 is 24.4 Å². The first kappa shape index (κ1) is 25.2. The molecule has 7 nitrogen and oxygen atoms in total.